The Labute approximate surface area is 169 Å². The number of likely N-dealkylation sites (tertiary alicyclic amines) is 1. The summed E-state index contributed by atoms with van der Waals surface area (Å²) < 4.78 is 1.87. The molecule has 2 heterocycles. The van der Waals surface area contributed by atoms with Crippen molar-refractivity contribution in [1.82, 2.24) is 14.7 Å². The van der Waals surface area contributed by atoms with Gasteiger partial charge in [-0.2, -0.15) is 5.10 Å². The summed E-state index contributed by atoms with van der Waals surface area (Å²) in [6, 6.07) is 17.6. The van der Waals surface area contributed by atoms with E-state index in [1.54, 1.807) is 0 Å². The van der Waals surface area contributed by atoms with Gasteiger partial charge >= 0.3 is 5.97 Å². The maximum absolute atomic E-state index is 11.6. The van der Waals surface area contributed by atoms with Crippen LogP contribution in [0, 0.1) is 5.41 Å². The monoisotopic (exact) mass is 395 g/mol. The van der Waals surface area contributed by atoms with Crippen molar-refractivity contribution in [1.29, 1.82) is 0 Å². The van der Waals surface area contributed by atoms with Crippen molar-refractivity contribution < 1.29 is 9.90 Å². The first kappa shape index (κ1) is 18.7. The number of halogens is 1. The zero-order valence-electron chi connectivity index (χ0n) is 15.7. The minimum atomic E-state index is -0.731. The molecule has 1 aliphatic rings. The highest BCUT2D eigenvalue weighted by Gasteiger charge is 2.40. The lowest BCUT2D eigenvalue weighted by Gasteiger charge is -2.20. The zero-order valence-corrected chi connectivity index (χ0v) is 16.4. The summed E-state index contributed by atoms with van der Waals surface area (Å²) in [6.07, 6.45) is 2.68. The van der Waals surface area contributed by atoms with E-state index >= 15 is 0 Å². The molecule has 4 rings (SSSR count). The second kappa shape index (κ2) is 7.41. The average Bonchev–Trinajstić information content (AvgIpc) is 3.28. The number of hydrogen-bond donors (Lipinski definition) is 1. The van der Waals surface area contributed by atoms with E-state index in [2.05, 4.69) is 4.90 Å². The van der Waals surface area contributed by atoms with Gasteiger partial charge in [0.25, 0.3) is 0 Å². The number of rotatable bonds is 5. The minimum absolute atomic E-state index is 0.536. The molecule has 3 aromatic rings. The first-order valence-corrected chi connectivity index (χ1v) is 9.68. The third-order valence-electron chi connectivity index (χ3n) is 5.37. The molecule has 1 aliphatic heterocycles. The van der Waals surface area contributed by atoms with Gasteiger partial charge in [-0.3, -0.25) is 9.69 Å². The van der Waals surface area contributed by atoms with Crippen LogP contribution in [0.25, 0.3) is 16.9 Å². The summed E-state index contributed by atoms with van der Waals surface area (Å²) in [5, 5.41) is 15.0. The van der Waals surface area contributed by atoms with Crippen molar-refractivity contribution in [2.75, 3.05) is 13.1 Å². The molecular weight excluding hydrogens is 374 g/mol. The van der Waals surface area contributed by atoms with E-state index in [1.165, 1.54) is 0 Å². The van der Waals surface area contributed by atoms with Gasteiger partial charge in [0, 0.05) is 35.4 Å². The highest BCUT2D eigenvalue weighted by Crippen LogP contribution is 2.33. The Morgan fingerprint density at radius 1 is 1.21 bits per heavy atom. The van der Waals surface area contributed by atoms with Gasteiger partial charge in [0.05, 0.1) is 16.8 Å². The number of carbonyl (C=O) groups is 1. The molecule has 1 unspecified atom stereocenters. The van der Waals surface area contributed by atoms with E-state index in [0.717, 1.165) is 29.1 Å². The van der Waals surface area contributed by atoms with Crippen LogP contribution in [0.4, 0.5) is 0 Å². The van der Waals surface area contributed by atoms with Crippen LogP contribution in [-0.4, -0.2) is 38.8 Å². The molecule has 1 N–H and O–H groups in total. The molecule has 6 heteroatoms. The predicted octanol–water partition coefficient (Wildman–Crippen LogP) is 4.49. The lowest BCUT2D eigenvalue weighted by Crippen LogP contribution is -2.31. The van der Waals surface area contributed by atoms with Crippen LogP contribution < -0.4 is 0 Å². The van der Waals surface area contributed by atoms with E-state index < -0.39 is 11.4 Å². The number of aliphatic carboxylic acids is 1. The molecule has 1 fully saturated rings. The van der Waals surface area contributed by atoms with Crippen molar-refractivity contribution >= 4 is 17.6 Å². The third-order valence-corrected chi connectivity index (χ3v) is 5.61. The van der Waals surface area contributed by atoms with Gasteiger partial charge in [-0.1, -0.05) is 41.9 Å². The number of hydrogen-bond acceptors (Lipinski definition) is 3. The zero-order chi connectivity index (χ0) is 19.7. The fraction of sp³-hybridized carbons (Fsp3) is 0.273. The standard InChI is InChI=1S/C22H22ClN3O2/c1-22(21(27)28)10-11-25(15-22)13-17-14-26(19-8-3-2-4-9-19)24-20(17)16-6-5-7-18(23)12-16/h2-9,12,14H,10-11,13,15H2,1H3,(H,27,28). The van der Waals surface area contributed by atoms with E-state index in [4.69, 9.17) is 16.7 Å². The Morgan fingerprint density at radius 3 is 2.68 bits per heavy atom. The molecule has 5 nitrogen and oxygen atoms in total. The third kappa shape index (κ3) is 3.68. The molecule has 0 aliphatic carbocycles. The largest absolute Gasteiger partial charge is 0.481 e. The summed E-state index contributed by atoms with van der Waals surface area (Å²) in [7, 11) is 0. The quantitative estimate of drug-likeness (QED) is 0.691. The van der Waals surface area contributed by atoms with Crippen molar-refractivity contribution in [3.05, 3.63) is 71.4 Å². The first-order chi connectivity index (χ1) is 13.4. The molecule has 0 saturated carbocycles. The highest BCUT2D eigenvalue weighted by atomic mass is 35.5. The molecule has 0 amide bonds. The van der Waals surface area contributed by atoms with Gasteiger partial charge in [0.1, 0.15) is 0 Å². The Balaban J connectivity index is 1.69. The van der Waals surface area contributed by atoms with Gasteiger partial charge in [-0.15, -0.1) is 0 Å². The number of benzene rings is 2. The average molecular weight is 396 g/mol. The smallest absolute Gasteiger partial charge is 0.310 e. The molecule has 1 atom stereocenters. The van der Waals surface area contributed by atoms with Crippen LogP contribution in [0.1, 0.15) is 18.9 Å². The van der Waals surface area contributed by atoms with Gasteiger partial charge < -0.3 is 5.11 Å². The number of carboxylic acids is 1. The van der Waals surface area contributed by atoms with Crippen LogP contribution in [0.2, 0.25) is 5.02 Å². The van der Waals surface area contributed by atoms with Gasteiger partial charge in [0.15, 0.2) is 0 Å². The number of nitrogens with zero attached hydrogens (tertiary/aromatic N) is 3. The summed E-state index contributed by atoms with van der Waals surface area (Å²) in [5.41, 5.74) is 3.17. The number of aromatic nitrogens is 2. The Morgan fingerprint density at radius 2 is 2.00 bits per heavy atom. The van der Waals surface area contributed by atoms with Gasteiger partial charge in [0.2, 0.25) is 0 Å². The van der Waals surface area contributed by atoms with E-state index in [1.807, 2.05) is 72.4 Å². The first-order valence-electron chi connectivity index (χ1n) is 9.30. The van der Waals surface area contributed by atoms with Gasteiger partial charge in [-0.25, -0.2) is 4.68 Å². The highest BCUT2D eigenvalue weighted by molar-refractivity contribution is 6.30. The molecule has 0 radical (unpaired) electrons. The molecule has 144 valence electrons. The lowest BCUT2D eigenvalue weighted by molar-refractivity contribution is -0.147. The molecule has 2 aromatic carbocycles. The second-order valence-electron chi connectivity index (χ2n) is 7.62. The van der Waals surface area contributed by atoms with Crippen molar-refractivity contribution in [2.24, 2.45) is 5.41 Å². The fourth-order valence-corrected chi connectivity index (χ4v) is 3.91. The second-order valence-corrected chi connectivity index (χ2v) is 8.06. The molecule has 1 saturated heterocycles. The van der Waals surface area contributed by atoms with Crippen molar-refractivity contribution in [3.63, 3.8) is 0 Å². The summed E-state index contributed by atoms with van der Waals surface area (Å²) in [6.45, 7) is 3.76. The van der Waals surface area contributed by atoms with Crippen LogP contribution in [0.15, 0.2) is 60.8 Å². The van der Waals surface area contributed by atoms with Crippen molar-refractivity contribution in [2.45, 2.75) is 19.9 Å². The van der Waals surface area contributed by atoms with Gasteiger partial charge in [-0.05, 0) is 44.2 Å². The molecule has 0 bridgehead atoms. The van der Waals surface area contributed by atoms with E-state index in [9.17, 15) is 9.90 Å². The van der Waals surface area contributed by atoms with Crippen LogP contribution in [0.3, 0.4) is 0 Å². The minimum Gasteiger partial charge on any atom is -0.481 e. The van der Waals surface area contributed by atoms with Crippen molar-refractivity contribution in [3.8, 4) is 16.9 Å². The number of para-hydroxylation sites is 1. The SMILES string of the molecule is CC1(C(=O)O)CCN(Cc2cn(-c3ccccc3)nc2-c2cccc(Cl)c2)C1. The van der Waals surface area contributed by atoms with Crippen LogP contribution >= 0.6 is 11.6 Å². The molecule has 28 heavy (non-hydrogen) atoms. The summed E-state index contributed by atoms with van der Waals surface area (Å²) >= 11 is 6.20. The maximum Gasteiger partial charge on any atom is 0.310 e. The maximum atomic E-state index is 11.6. The molecule has 0 spiro atoms. The predicted molar refractivity (Wildman–Crippen MR) is 110 cm³/mol. The Kier molecular flexibility index (Phi) is 4.96. The van der Waals surface area contributed by atoms with E-state index in [0.29, 0.717) is 24.5 Å². The van der Waals surface area contributed by atoms with Crippen LogP contribution in [-0.2, 0) is 11.3 Å². The Bertz CT molecular complexity index is 1000. The van der Waals surface area contributed by atoms with E-state index in [-0.39, 0.29) is 0 Å². The molecule has 1 aromatic heterocycles. The fourth-order valence-electron chi connectivity index (χ4n) is 3.72. The number of carboxylic acid groups (broad SMARTS) is 1. The summed E-state index contributed by atoms with van der Waals surface area (Å²) in [4.78, 5) is 13.8. The normalized spacial score (nSPS) is 19.8. The summed E-state index contributed by atoms with van der Waals surface area (Å²) in [5.74, 6) is -0.731. The molecular formula is C22H22ClN3O2. The van der Waals surface area contributed by atoms with Crippen LogP contribution in [0.5, 0.6) is 0 Å². The Hall–Kier alpha value is -2.63. The lowest BCUT2D eigenvalue weighted by atomic mass is 9.90. The topological polar surface area (TPSA) is 58.4 Å².